The Kier molecular flexibility index (Phi) is 9.28. The van der Waals surface area contributed by atoms with Gasteiger partial charge in [0.15, 0.2) is 5.96 Å². The molecule has 1 saturated heterocycles. The van der Waals surface area contributed by atoms with Gasteiger partial charge in [0, 0.05) is 53.1 Å². The molecule has 1 aliphatic rings. The van der Waals surface area contributed by atoms with Crippen molar-refractivity contribution in [3.05, 3.63) is 29.8 Å². The molecule has 1 fully saturated rings. The van der Waals surface area contributed by atoms with Crippen molar-refractivity contribution in [2.45, 2.75) is 31.8 Å². The molecule has 146 valence electrons. The van der Waals surface area contributed by atoms with E-state index in [0.29, 0.717) is 6.10 Å². The van der Waals surface area contributed by atoms with Gasteiger partial charge in [-0.25, -0.2) is 0 Å². The normalized spacial score (nSPS) is 17.3. The van der Waals surface area contributed by atoms with Gasteiger partial charge in [-0.15, -0.1) is 0 Å². The van der Waals surface area contributed by atoms with Gasteiger partial charge < -0.3 is 25.0 Å². The molecule has 0 aromatic heterocycles. The summed E-state index contributed by atoms with van der Waals surface area (Å²) in [6.07, 6.45) is 4.42. The molecule has 1 aromatic carbocycles. The molecular weight excluding hydrogens is 328 g/mol. The highest BCUT2D eigenvalue weighted by atomic mass is 16.5. The molecule has 0 radical (unpaired) electrons. The van der Waals surface area contributed by atoms with E-state index in [9.17, 15) is 0 Å². The first-order valence-corrected chi connectivity index (χ1v) is 9.59. The third-order valence-electron chi connectivity index (χ3n) is 4.47. The van der Waals surface area contributed by atoms with E-state index >= 15 is 0 Å². The number of anilines is 1. The number of guanidine groups is 1. The van der Waals surface area contributed by atoms with E-state index in [4.69, 9.17) is 9.47 Å². The molecular formula is C20H34N4O2. The number of benzene rings is 1. The monoisotopic (exact) mass is 362 g/mol. The maximum absolute atomic E-state index is 5.76. The summed E-state index contributed by atoms with van der Waals surface area (Å²) in [5.74, 6) is 0.858. The van der Waals surface area contributed by atoms with Crippen LogP contribution in [0, 0.1) is 0 Å². The van der Waals surface area contributed by atoms with Gasteiger partial charge in [0.25, 0.3) is 0 Å². The van der Waals surface area contributed by atoms with Crippen LogP contribution < -0.4 is 15.5 Å². The Balaban J connectivity index is 1.52. The van der Waals surface area contributed by atoms with Gasteiger partial charge >= 0.3 is 0 Å². The van der Waals surface area contributed by atoms with E-state index in [1.54, 1.807) is 0 Å². The molecule has 0 saturated carbocycles. The van der Waals surface area contributed by atoms with Crippen LogP contribution >= 0.6 is 0 Å². The van der Waals surface area contributed by atoms with E-state index in [0.717, 1.165) is 64.6 Å². The predicted molar refractivity (Wildman–Crippen MR) is 108 cm³/mol. The van der Waals surface area contributed by atoms with E-state index in [1.165, 1.54) is 11.3 Å². The number of hydrogen-bond donors (Lipinski definition) is 2. The number of nitrogens with zero attached hydrogens (tertiary/aromatic N) is 2. The molecule has 2 N–H and O–H groups in total. The number of aliphatic imine (C=N–C) groups is 1. The van der Waals surface area contributed by atoms with Crippen LogP contribution in [0.4, 0.5) is 5.69 Å². The molecule has 1 unspecified atom stereocenters. The third-order valence-corrected chi connectivity index (χ3v) is 4.47. The predicted octanol–water partition coefficient (Wildman–Crippen LogP) is 2.05. The smallest absolute Gasteiger partial charge is 0.190 e. The van der Waals surface area contributed by atoms with Gasteiger partial charge in [0.05, 0.1) is 12.7 Å². The summed E-state index contributed by atoms with van der Waals surface area (Å²) in [7, 11) is 5.93. The van der Waals surface area contributed by atoms with Crippen LogP contribution in [0.15, 0.2) is 29.3 Å². The third kappa shape index (κ3) is 7.62. The van der Waals surface area contributed by atoms with Gasteiger partial charge in [-0.05, 0) is 43.4 Å². The Hall–Kier alpha value is -1.79. The van der Waals surface area contributed by atoms with Crippen molar-refractivity contribution in [1.29, 1.82) is 0 Å². The van der Waals surface area contributed by atoms with Crippen molar-refractivity contribution < 1.29 is 9.47 Å². The maximum atomic E-state index is 5.76. The van der Waals surface area contributed by atoms with Crippen molar-refractivity contribution in [1.82, 2.24) is 10.6 Å². The largest absolute Gasteiger partial charge is 0.379 e. The highest BCUT2D eigenvalue weighted by Gasteiger charge is 2.15. The SMILES string of the molecule is CN=C(NCCCOC1CCOC1)NCCCc1ccc(N(C)C)cc1. The zero-order valence-corrected chi connectivity index (χ0v) is 16.5. The summed E-state index contributed by atoms with van der Waals surface area (Å²) in [5.41, 5.74) is 2.61. The number of rotatable bonds is 10. The summed E-state index contributed by atoms with van der Waals surface area (Å²) >= 11 is 0. The van der Waals surface area contributed by atoms with Crippen LogP contribution in [0.1, 0.15) is 24.8 Å². The molecule has 0 bridgehead atoms. The Bertz CT molecular complexity index is 525. The molecule has 26 heavy (non-hydrogen) atoms. The van der Waals surface area contributed by atoms with E-state index in [2.05, 4.69) is 58.9 Å². The zero-order valence-electron chi connectivity index (χ0n) is 16.5. The Morgan fingerprint density at radius 1 is 1.19 bits per heavy atom. The van der Waals surface area contributed by atoms with Crippen molar-refractivity contribution in [2.24, 2.45) is 4.99 Å². The Labute approximate surface area is 158 Å². The fourth-order valence-electron chi connectivity index (χ4n) is 2.85. The molecule has 0 aliphatic carbocycles. The summed E-state index contributed by atoms with van der Waals surface area (Å²) in [4.78, 5) is 6.39. The molecule has 2 rings (SSSR count). The lowest BCUT2D eigenvalue weighted by Crippen LogP contribution is -2.38. The molecule has 0 spiro atoms. The maximum Gasteiger partial charge on any atom is 0.190 e. The minimum Gasteiger partial charge on any atom is -0.379 e. The second-order valence-corrected chi connectivity index (χ2v) is 6.80. The van der Waals surface area contributed by atoms with Gasteiger partial charge in [-0.2, -0.15) is 0 Å². The Morgan fingerprint density at radius 2 is 1.92 bits per heavy atom. The van der Waals surface area contributed by atoms with Crippen LogP contribution in [0.3, 0.4) is 0 Å². The minimum atomic E-state index is 0.291. The Morgan fingerprint density at radius 3 is 2.54 bits per heavy atom. The first-order chi connectivity index (χ1) is 12.7. The van der Waals surface area contributed by atoms with Gasteiger partial charge in [-0.3, -0.25) is 4.99 Å². The van der Waals surface area contributed by atoms with Crippen molar-refractivity contribution in [3.63, 3.8) is 0 Å². The summed E-state index contributed by atoms with van der Waals surface area (Å²) in [5, 5.41) is 6.71. The first kappa shape index (κ1) is 20.5. The lowest BCUT2D eigenvalue weighted by Gasteiger charge is -2.14. The van der Waals surface area contributed by atoms with Crippen LogP contribution in [0.5, 0.6) is 0 Å². The van der Waals surface area contributed by atoms with Crippen molar-refractivity contribution in [3.8, 4) is 0 Å². The van der Waals surface area contributed by atoms with Crippen LogP contribution in [0.25, 0.3) is 0 Å². The summed E-state index contributed by atoms with van der Waals surface area (Å²) < 4.78 is 11.1. The summed E-state index contributed by atoms with van der Waals surface area (Å²) in [6, 6.07) is 8.75. The number of ether oxygens (including phenoxy) is 2. The van der Waals surface area contributed by atoms with Crippen molar-refractivity contribution in [2.75, 3.05) is 59.0 Å². The first-order valence-electron chi connectivity index (χ1n) is 9.59. The number of aryl methyl sites for hydroxylation is 1. The van der Waals surface area contributed by atoms with E-state index in [-0.39, 0.29) is 0 Å². The van der Waals surface area contributed by atoms with E-state index < -0.39 is 0 Å². The molecule has 0 amide bonds. The topological polar surface area (TPSA) is 58.1 Å². The highest BCUT2D eigenvalue weighted by Crippen LogP contribution is 2.13. The average Bonchev–Trinajstić information content (AvgIpc) is 3.17. The second-order valence-electron chi connectivity index (χ2n) is 6.80. The quantitative estimate of drug-likeness (QED) is 0.379. The zero-order chi connectivity index (χ0) is 18.6. The molecule has 6 nitrogen and oxygen atoms in total. The standard InChI is InChI=1S/C20H34N4O2/c1-21-20(23-13-5-14-26-19-11-15-25-16-19)22-12-4-6-17-7-9-18(10-8-17)24(2)3/h7-10,19H,4-6,11-16H2,1-3H3,(H2,21,22,23). The average molecular weight is 363 g/mol. The molecule has 1 atom stereocenters. The fraction of sp³-hybridized carbons (Fsp3) is 0.650. The number of hydrogen-bond acceptors (Lipinski definition) is 4. The minimum absolute atomic E-state index is 0.291. The van der Waals surface area contributed by atoms with Crippen LogP contribution in [-0.2, 0) is 15.9 Å². The highest BCUT2D eigenvalue weighted by molar-refractivity contribution is 5.79. The van der Waals surface area contributed by atoms with E-state index in [1.807, 2.05) is 7.05 Å². The second kappa shape index (κ2) is 11.8. The van der Waals surface area contributed by atoms with Crippen LogP contribution in [0.2, 0.25) is 0 Å². The van der Waals surface area contributed by atoms with Gasteiger partial charge in [0.2, 0.25) is 0 Å². The number of nitrogens with one attached hydrogen (secondary N) is 2. The fourth-order valence-corrected chi connectivity index (χ4v) is 2.85. The lowest BCUT2D eigenvalue weighted by atomic mass is 10.1. The van der Waals surface area contributed by atoms with Crippen LogP contribution in [-0.4, -0.2) is 66.1 Å². The summed E-state index contributed by atoms with van der Waals surface area (Å²) in [6.45, 7) is 4.11. The molecule has 6 heteroatoms. The molecule has 1 heterocycles. The van der Waals surface area contributed by atoms with Gasteiger partial charge in [0.1, 0.15) is 0 Å². The van der Waals surface area contributed by atoms with Crippen molar-refractivity contribution >= 4 is 11.6 Å². The molecule has 1 aromatic rings. The molecule has 1 aliphatic heterocycles. The lowest BCUT2D eigenvalue weighted by molar-refractivity contribution is 0.0420. The van der Waals surface area contributed by atoms with Gasteiger partial charge in [-0.1, -0.05) is 12.1 Å².